The Morgan fingerprint density at radius 3 is 2.44 bits per heavy atom. The molecule has 1 N–H and O–H groups in total. The molecule has 0 unspecified atom stereocenters. The van der Waals surface area contributed by atoms with E-state index in [1.54, 1.807) is 30.5 Å². The molecule has 5 rings (SSSR count). The number of hydrogen-bond acceptors (Lipinski definition) is 3. The Hall–Kier alpha value is -3.90. The van der Waals surface area contributed by atoms with Crippen molar-refractivity contribution in [3.63, 3.8) is 0 Å². The summed E-state index contributed by atoms with van der Waals surface area (Å²) in [5, 5.41) is 9.17. The zero-order valence-electron chi connectivity index (χ0n) is 17.0. The number of para-hydroxylation sites is 2. The second-order valence-electron chi connectivity index (χ2n) is 7.49. The summed E-state index contributed by atoms with van der Waals surface area (Å²) in [5.41, 5.74) is 2.73. The van der Waals surface area contributed by atoms with Crippen molar-refractivity contribution in [3.05, 3.63) is 106 Å². The number of nitrogens with one attached hydrogen (secondary N) is 1. The molecule has 0 fully saturated rings. The monoisotopic (exact) mass is 442 g/mol. The average molecular weight is 443 g/mol. The van der Waals surface area contributed by atoms with Gasteiger partial charge in [0, 0.05) is 22.8 Å². The minimum Gasteiger partial charge on any atom is -0.331 e. The van der Waals surface area contributed by atoms with Crippen LogP contribution in [0.5, 0.6) is 0 Å². The lowest BCUT2D eigenvalue weighted by molar-refractivity contribution is -0.117. The Labute approximate surface area is 188 Å². The molecular formula is C25H19ClN4O2. The van der Waals surface area contributed by atoms with E-state index in [2.05, 4.69) is 10.4 Å². The van der Waals surface area contributed by atoms with Crippen molar-refractivity contribution in [2.45, 2.75) is 13.1 Å². The number of fused-ring (bicyclic) bond motifs is 3. The van der Waals surface area contributed by atoms with Crippen LogP contribution in [0.2, 0.25) is 5.02 Å². The zero-order valence-corrected chi connectivity index (χ0v) is 17.8. The van der Waals surface area contributed by atoms with Gasteiger partial charge in [-0.2, -0.15) is 5.10 Å². The van der Waals surface area contributed by atoms with Gasteiger partial charge in [-0.3, -0.25) is 9.59 Å². The van der Waals surface area contributed by atoms with Crippen LogP contribution in [0.3, 0.4) is 0 Å². The number of hydrogen-bond donors (Lipinski definition) is 1. The van der Waals surface area contributed by atoms with Gasteiger partial charge < -0.3 is 9.88 Å². The smallest absolute Gasteiger partial charge is 0.291 e. The van der Waals surface area contributed by atoms with Gasteiger partial charge in [0.1, 0.15) is 12.1 Å². The van der Waals surface area contributed by atoms with E-state index >= 15 is 0 Å². The average Bonchev–Trinajstić information content (AvgIpc) is 3.12. The van der Waals surface area contributed by atoms with Crippen LogP contribution in [0, 0.1) is 0 Å². The first kappa shape index (κ1) is 20.0. The predicted octanol–water partition coefficient (Wildman–Crippen LogP) is 4.69. The Balaban J connectivity index is 1.57. The number of amides is 1. The van der Waals surface area contributed by atoms with Crippen LogP contribution in [-0.2, 0) is 17.9 Å². The lowest BCUT2D eigenvalue weighted by Crippen LogP contribution is -2.30. The number of halogens is 1. The molecule has 0 radical (unpaired) electrons. The van der Waals surface area contributed by atoms with Crippen molar-refractivity contribution in [2.75, 3.05) is 5.32 Å². The molecule has 0 atom stereocenters. The van der Waals surface area contributed by atoms with Crippen LogP contribution in [0.15, 0.2) is 89.9 Å². The molecule has 0 aliphatic rings. The van der Waals surface area contributed by atoms with Crippen molar-refractivity contribution < 1.29 is 4.79 Å². The van der Waals surface area contributed by atoms with E-state index in [0.717, 1.165) is 21.9 Å². The molecule has 2 heterocycles. The molecular weight excluding hydrogens is 424 g/mol. The number of anilines is 1. The van der Waals surface area contributed by atoms with Gasteiger partial charge >= 0.3 is 0 Å². The summed E-state index contributed by atoms with van der Waals surface area (Å²) in [6.45, 7) is 0.322. The van der Waals surface area contributed by atoms with Gasteiger partial charge in [-0.1, -0.05) is 72.3 Å². The second kappa shape index (κ2) is 8.32. The molecule has 5 aromatic rings. The molecule has 7 heteroatoms. The highest BCUT2D eigenvalue weighted by molar-refractivity contribution is 6.33. The van der Waals surface area contributed by atoms with Gasteiger partial charge in [0.2, 0.25) is 5.91 Å². The summed E-state index contributed by atoms with van der Waals surface area (Å²) in [4.78, 5) is 26.0. The minimum absolute atomic E-state index is 0.215. The quantitative estimate of drug-likeness (QED) is 0.429. The highest BCUT2D eigenvalue weighted by Gasteiger charge is 2.17. The third-order valence-corrected chi connectivity index (χ3v) is 5.73. The fraction of sp³-hybridized carbons (Fsp3) is 0.0800. The predicted molar refractivity (Wildman–Crippen MR) is 127 cm³/mol. The standard InChI is InChI=1S/C25H19ClN4O2/c26-20-11-5-6-12-21(20)28-23(31)16-30-25(32)24-19(14-27-30)18-10-4-7-13-22(18)29(24)15-17-8-2-1-3-9-17/h1-14H,15-16H2,(H,28,31). The topological polar surface area (TPSA) is 68.9 Å². The lowest BCUT2D eigenvalue weighted by atomic mass is 10.2. The third kappa shape index (κ3) is 3.65. The molecule has 0 bridgehead atoms. The van der Waals surface area contributed by atoms with Crippen LogP contribution >= 0.6 is 11.6 Å². The number of carbonyl (C=O) groups is 1. The highest BCUT2D eigenvalue weighted by Crippen LogP contribution is 2.27. The second-order valence-corrected chi connectivity index (χ2v) is 7.89. The molecule has 0 saturated carbocycles. The maximum atomic E-state index is 13.4. The molecule has 0 aliphatic heterocycles. The van der Waals surface area contributed by atoms with Crippen molar-refractivity contribution in [3.8, 4) is 0 Å². The zero-order chi connectivity index (χ0) is 22.1. The molecule has 2 aromatic heterocycles. The molecule has 6 nitrogen and oxygen atoms in total. The van der Waals surface area contributed by atoms with Gasteiger partial charge in [-0.05, 0) is 23.8 Å². The van der Waals surface area contributed by atoms with Crippen LogP contribution < -0.4 is 10.9 Å². The van der Waals surface area contributed by atoms with Crippen LogP contribution in [0.1, 0.15) is 5.56 Å². The van der Waals surface area contributed by atoms with E-state index in [-0.39, 0.29) is 18.0 Å². The van der Waals surface area contributed by atoms with Crippen molar-refractivity contribution in [1.29, 1.82) is 0 Å². The first-order valence-corrected chi connectivity index (χ1v) is 10.5. The molecule has 3 aromatic carbocycles. The van der Waals surface area contributed by atoms with Gasteiger partial charge in [0.25, 0.3) is 5.56 Å². The summed E-state index contributed by atoms with van der Waals surface area (Å²) >= 11 is 6.12. The minimum atomic E-state index is -0.377. The number of benzene rings is 3. The third-order valence-electron chi connectivity index (χ3n) is 5.40. The number of nitrogens with zero attached hydrogens (tertiary/aromatic N) is 3. The molecule has 158 valence electrons. The number of carbonyl (C=O) groups excluding carboxylic acids is 1. The first-order chi connectivity index (χ1) is 15.6. The maximum Gasteiger partial charge on any atom is 0.291 e. The van der Waals surface area contributed by atoms with Crippen LogP contribution in [0.4, 0.5) is 5.69 Å². The van der Waals surface area contributed by atoms with E-state index in [4.69, 9.17) is 11.6 Å². The number of rotatable bonds is 5. The van der Waals surface area contributed by atoms with E-state index in [9.17, 15) is 9.59 Å². The Morgan fingerprint density at radius 1 is 0.906 bits per heavy atom. The van der Waals surface area contributed by atoms with Gasteiger partial charge in [-0.15, -0.1) is 0 Å². The van der Waals surface area contributed by atoms with Crippen LogP contribution in [-0.4, -0.2) is 20.3 Å². The summed E-state index contributed by atoms with van der Waals surface area (Å²) < 4.78 is 3.18. The molecule has 32 heavy (non-hydrogen) atoms. The molecule has 0 aliphatic carbocycles. The Bertz CT molecular complexity index is 1510. The van der Waals surface area contributed by atoms with Crippen molar-refractivity contribution in [1.82, 2.24) is 14.3 Å². The van der Waals surface area contributed by atoms with Crippen molar-refractivity contribution >= 4 is 45.0 Å². The maximum absolute atomic E-state index is 13.4. The highest BCUT2D eigenvalue weighted by atomic mass is 35.5. The summed E-state index contributed by atoms with van der Waals surface area (Å²) in [6.07, 6.45) is 1.66. The van der Waals surface area contributed by atoms with Gasteiger partial charge in [0.05, 0.1) is 16.9 Å². The number of aromatic nitrogens is 3. The fourth-order valence-corrected chi connectivity index (χ4v) is 4.11. The van der Waals surface area contributed by atoms with E-state index in [0.29, 0.717) is 22.8 Å². The summed E-state index contributed by atoms with van der Waals surface area (Å²) in [6, 6.07) is 24.8. The lowest BCUT2D eigenvalue weighted by Gasteiger charge is -2.10. The Kier molecular flexibility index (Phi) is 5.21. The molecule has 0 saturated heterocycles. The summed E-state index contributed by atoms with van der Waals surface area (Å²) in [5.74, 6) is -0.377. The van der Waals surface area contributed by atoms with E-state index < -0.39 is 0 Å². The first-order valence-electron chi connectivity index (χ1n) is 10.2. The van der Waals surface area contributed by atoms with Gasteiger partial charge in [-0.25, -0.2) is 4.68 Å². The van der Waals surface area contributed by atoms with E-state index in [1.807, 2.05) is 59.2 Å². The fourth-order valence-electron chi connectivity index (χ4n) is 3.92. The SMILES string of the molecule is O=C(Cn1ncc2c3ccccc3n(Cc3ccccc3)c2c1=O)Nc1ccccc1Cl. The molecule has 1 amide bonds. The van der Waals surface area contributed by atoms with E-state index in [1.165, 1.54) is 4.68 Å². The van der Waals surface area contributed by atoms with Gasteiger partial charge in [0.15, 0.2) is 0 Å². The molecule has 0 spiro atoms. The normalized spacial score (nSPS) is 11.2. The van der Waals surface area contributed by atoms with Crippen LogP contribution in [0.25, 0.3) is 21.8 Å². The Morgan fingerprint density at radius 2 is 1.62 bits per heavy atom. The summed E-state index contributed by atoms with van der Waals surface area (Å²) in [7, 11) is 0. The largest absolute Gasteiger partial charge is 0.331 e. The van der Waals surface area contributed by atoms with Crippen molar-refractivity contribution in [2.24, 2.45) is 0 Å².